The zero-order valence-corrected chi connectivity index (χ0v) is 11.2. The van der Waals surface area contributed by atoms with Gasteiger partial charge in [0.25, 0.3) is 6.43 Å². The van der Waals surface area contributed by atoms with Gasteiger partial charge in [-0.15, -0.1) is 0 Å². The second-order valence-electron chi connectivity index (χ2n) is 4.52. The van der Waals surface area contributed by atoms with Gasteiger partial charge in [-0.25, -0.2) is 8.78 Å². The van der Waals surface area contributed by atoms with Crippen molar-refractivity contribution < 1.29 is 8.78 Å². The van der Waals surface area contributed by atoms with Gasteiger partial charge in [0.05, 0.1) is 6.54 Å². The minimum Gasteiger partial charge on any atom is -0.298 e. The minimum atomic E-state index is -2.21. The van der Waals surface area contributed by atoms with E-state index in [0.29, 0.717) is 5.92 Å². The highest BCUT2D eigenvalue weighted by Crippen LogP contribution is 2.28. The summed E-state index contributed by atoms with van der Waals surface area (Å²) in [6.07, 6.45) is -0.248. The highest BCUT2D eigenvalue weighted by Gasteiger charge is 2.22. The third kappa shape index (κ3) is 3.75. The molecule has 1 aromatic carbocycles. The van der Waals surface area contributed by atoms with E-state index < -0.39 is 6.43 Å². The smallest absolute Gasteiger partial charge is 0.251 e. The molecular formula is C13H16BrF2N. The molecule has 4 heteroatoms. The van der Waals surface area contributed by atoms with Gasteiger partial charge < -0.3 is 0 Å². The fourth-order valence-electron chi connectivity index (χ4n) is 2.38. The summed E-state index contributed by atoms with van der Waals surface area (Å²) in [6.45, 7) is 1.49. The summed E-state index contributed by atoms with van der Waals surface area (Å²) in [6, 6.07) is 8.33. The van der Waals surface area contributed by atoms with E-state index in [0.717, 1.165) is 30.4 Å². The lowest BCUT2D eigenvalue weighted by atomic mass is 9.89. The van der Waals surface area contributed by atoms with Crippen molar-refractivity contribution in [3.05, 3.63) is 34.3 Å². The maximum atomic E-state index is 12.2. The number of rotatable bonds is 3. The molecule has 0 bridgehead atoms. The molecule has 0 amide bonds. The zero-order valence-electron chi connectivity index (χ0n) is 9.58. The Kier molecular flexibility index (Phi) is 4.51. The van der Waals surface area contributed by atoms with Gasteiger partial charge in [-0.3, -0.25) is 4.90 Å². The molecule has 1 heterocycles. The fourth-order valence-corrected chi connectivity index (χ4v) is 2.64. The van der Waals surface area contributed by atoms with Crippen LogP contribution in [0.1, 0.15) is 24.3 Å². The van der Waals surface area contributed by atoms with Crippen LogP contribution in [-0.4, -0.2) is 31.0 Å². The Morgan fingerprint density at radius 2 is 1.76 bits per heavy atom. The highest BCUT2D eigenvalue weighted by atomic mass is 79.9. The van der Waals surface area contributed by atoms with Crippen molar-refractivity contribution in [1.29, 1.82) is 0 Å². The van der Waals surface area contributed by atoms with E-state index in [-0.39, 0.29) is 6.54 Å². The molecule has 2 rings (SSSR count). The van der Waals surface area contributed by atoms with Crippen molar-refractivity contribution in [3.63, 3.8) is 0 Å². The van der Waals surface area contributed by atoms with Crippen LogP contribution in [0.25, 0.3) is 0 Å². The molecule has 0 atom stereocenters. The molecule has 1 fully saturated rings. The Balaban J connectivity index is 1.88. The standard InChI is InChI=1S/C13H16BrF2N/c14-12-3-1-10(2-4-12)11-5-7-17(8-6-11)9-13(15)16/h1-4,11,13H,5-9H2. The fraction of sp³-hybridized carbons (Fsp3) is 0.538. The minimum absolute atomic E-state index is 0.0763. The first-order valence-corrected chi connectivity index (χ1v) is 6.70. The van der Waals surface area contributed by atoms with Crippen molar-refractivity contribution in [3.8, 4) is 0 Å². The van der Waals surface area contributed by atoms with Crippen LogP contribution >= 0.6 is 15.9 Å². The molecule has 1 aromatic rings. The summed E-state index contributed by atoms with van der Waals surface area (Å²) in [5.74, 6) is 0.525. The van der Waals surface area contributed by atoms with Crippen molar-refractivity contribution >= 4 is 15.9 Å². The number of nitrogens with zero attached hydrogens (tertiary/aromatic N) is 1. The average Bonchev–Trinajstić information content (AvgIpc) is 2.30. The first-order chi connectivity index (χ1) is 8.15. The number of hydrogen-bond acceptors (Lipinski definition) is 1. The molecule has 0 spiro atoms. The van der Waals surface area contributed by atoms with Crippen molar-refractivity contribution in [1.82, 2.24) is 4.90 Å². The van der Waals surface area contributed by atoms with Gasteiger partial charge in [0, 0.05) is 4.47 Å². The average molecular weight is 304 g/mol. The van der Waals surface area contributed by atoms with E-state index in [4.69, 9.17) is 0 Å². The molecule has 0 unspecified atom stereocenters. The lowest BCUT2D eigenvalue weighted by Gasteiger charge is -2.31. The second-order valence-corrected chi connectivity index (χ2v) is 5.43. The first kappa shape index (κ1) is 13.0. The Hall–Kier alpha value is -0.480. The van der Waals surface area contributed by atoms with Gasteiger partial charge in [-0.1, -0.05) is 28.1 Å². The lowest BCUT2D eigenvalue weighted by molar-refractivity contribution is 0.0754. The Bertz CT molecular complexity index is 345. The van der Waals surface area contributed by atoms with E-state index in [1.807, 2.05) is 17.0 Å². The van der Waals surface area contributed by atoms with E-state index in [1.54, 1.807) is 0 Å². The normalized spacial score (nSPS) is 18.8. The largest absolute Gasteiger partial charge is 0.298 e. The molecule has 1 aliphatic heterocycles. The maximum Gasteiger partial charge on any atom is 0.251 e. The second kappa shape index (κ2) is 5.91. The Morgan fingerprint density at radius 3 is 2.29 bits per heavy atom. The Morgan fingerprint density at radius 1 is 1.18 bits per heavy atom. The lowest BCUT2D eigenvalue weighted by Crippen LogP contribution is -2.36. The summed E-state index contributed by atoms with van der Waals surface area (Å²) in [7, 11) is 0. The van der Waals surface area contributed by atoms with Gasteiger partial charge in [0.1, 0.15) is 0 Å². The predicted octanol–water partition coefficient (Wildman–Crippen LogP) is 3.89. The summed E-state index contributed by atoms with van der Waals surface area (Å²) in [4.78, 5) is 1.86. The van der Waals surface area contributed by atoms with Crippen molar-refractivity contribution in [2.45, 2.75) is 25.2 Å². The molecular weight excluding hydrogens is 288 g/mol. The third-order valence-electron chi connectivity index (χ3n) is 3.33. The molecule has 17 heavy (non-hydrogen) atoms. The molecule has 0 saturated carbocycles. The van der Waals surface area contributed by atoms with Gasteiger partial charge in [0.15, 0.2) is 0 Å². The van der Waals surface area contributed by atoms with Crippen LogP contribution in [0.2, 0.25) is 0 Å². The molecule has 1 aliphatic rings. The quantitative estimate of drug-likeness (QED) is 0.819. The van der Waals surface area contributed by atoms with E-state index in [1.165, 1.54) is 5.56 Å². The molecule has 94 valence electrons. The number of piperidine rings is 1. The number of alkyl halides is 2. The molecule has 1 nitrogen and oxygen atoms in total. The van der Waals surface area contributed by atoms with E-state index in [2.05, 4.69) is 28.1 Å². The molecule has 0 radical (unpaired) electrons. The highest BCUT2D eigenvalue weighted by molar-refractivity contribution is 9.10. The molecule has 1 saturated heterocycles. The van der Waals surface area contributed by atoms with E-state index >= 15 is 0 Å². The van der Waals surface area contributed by atoms with Crippen LogP contribution in [-0.2, 0) is 0 Å². The van der Waals surface area contributed by atoms with Gasteiger partial charge in [0.2, 0.25) is 0 Å². The third-order valence-corrected chi connectivity index (χ3v) is 3.85. The SMILES string of the molecule is FC(F)CN1CCC(c2ccc(Br)cc2)CC1. The monoisotopic (exact) mass is 303 g/mol. The van der Waals surface area contributed by atoms with Crippen molar-refractivity contribution in [2.24, 2.45) is 0 Å². The Labute approximate surface area is 109 Å². The summed E-state index contributed by atoms with van der Waals surface area (Å²) < 4.78 is 25.6. The number of likely N-dealkylation sites (tertiary alicyclic amines) is 1. The van der Waals surface area contributed by atoms with Crippen LogP contribution in [0.15, 0.2) is 28.7 Å². The first-order valence-electron chi connectivity index (χ1n) is 5.91. The number of halogens is 3. The maximum absolute atomic E-state index is 12.2. The topological polar surface area (TPSA) is 3.24 Å². The van der Waals surface area contributed by atoms with Crippen LogP contribution in [0.4, 0.5) is 8.78 Å². The van der Waals surface area contributed by atoms with Crippen LogP contribution < -0.4 is 0 Å². The van der Waals surface area contributed by atoms with E-state index in [9.17, 15) is 8.78 Å². The zero-order chi connectivity index (χ0) is 12.3. The summed E-state index contributed by atoms with van der Waals surface area (Å²) >= 11 is 3.41. The van der Waals surface area contributed by atoms with Gasteiger partial charge >= 0.3 is 0 Å². The summed E-state index contributed by atoms with van der Waals surface area (Å²) in [5.41, 5.74) is 1.32. The van der Waals surface area contributed by atoms with Crippen LogP contribution in [0, 0.1) is 0 Å². The number of hydrogen-bond donors (Lipinski definition) is 0. The van der Waals surface area contributed by atoms with Crippen molar-refractivity contribution in [2.75, 3.05) is 19.6 Å². The molecule has 0 aliphatic carbocycles. The molecule has 0 aromatic heterocycles. The summed E-state index contributed by atoms with van der Waals surface area (Å²) in [5, 5.41) is 0. The predicted molar refractivity (Wildman–Crippen MR) is 68.6 cm³/mol. The number of benzene rings is 1. The van der Waals surface area contributed by atoms with Crippen LogP contribution in [0.3, 0.4) is 0 Å². The van der Waals surface area contributed by atoms with Crippen LogP contribution in [0.5, 0.6) is 0 Å². The van der Waals surface area contributed by atoms with Gasteiger partial charge in [-0.05, 0) is 49.5 Å². The van der Waals surface area contributed by atoms with Gasteiger partial charge in [-0.2, -0.15) is 0 Å². The molecule has 0 N–H and O–H groups in total.